The first kappa shape index (κ1) is 29.7. The molecule has 0 amide bonds. The van der Waals surface area contributed by atoms with Gasteiger partial charge in [0.25, 0.3) is 0 Å². The van der Waals surface area contributed by atoms with Crippen molar-refractivity contribution in [1.82, 2.24) is 30.5 Å². The average molecular weight is 701 g/mol. The lowest BCUT2D eigenvalue weighted by Crippen LogP contribution is -2.17. The highest BCUT2D eigenvalue weighted by Crippen LogP contribution is 2.54. The molecule has 2 unspecified atom stereocenters. The molecule has 0 saturated carbocycles. The van der Waals surface area contributed by atoms with Crippen LogP contribution in [-0.2, 0) is 13.0 Å². The van der Waals surface area contributed by atoms with E-state index < -0.39 is 0 Å². The minimum Gasteiger partial charge on any atom is -0.485 e. The minimum absolute atomic E-state index is 0.183. The van der Waals surface area contributed by atoms with Crippen LogP contribution >= 0.6 is 0 Å². The molecule has 12 rings (SSSR count). The molecule has 0 spiro atoms. The fourth-order valence-electron chi connectivity index (χ4n) is 9.05. The van der Waals surface area contributed by atoms with Gasteiger partial charge in [-0.25, -0.2) is 4.98 Å². The Kier molecular flexibility index (Phi) is 6.20. The number of benzene rings is 6. The van der Waals surface area contributed by atoms with Gasteiger partial charge in [-0.2, -0.15) is 5.10 Å². The highest BCUT2D eigenvalue weighted by Gasteiger charge is 2.38. The number of nitrogens with zero attached hydrogens (tertiary/aromatic N) is 2. The molecule has 54 heavy (non-hydrogen) atoms. The van der Waals surface area contributed by atoms with Crippen LogP contribution in [0.5, 0.6) is 5.75 Å². The van der Waals surface area contributed by atoms with Crippen molar-refractivity contribution in [1.29, 1.82) is 0 Å². The van der Waals surface area contributed by atoms with E-state index in [1.165, 1.54) is 16.7 Å². The second kappa shape index (κ2) is 11.3. The van der Waals surface area contributed by atoms with Crippen LogP contribution in [-0.4, -0.2) is 25.1 Å². The molecule has 0 fully saturated rings. The first-order valence-corrected chi connectivity index (χ1v) is 18.4. The van der Waals surface area contributed by atoms with Gasteiger partial charge >= 0.3 is 0 Å². The summed E-state index contributed by atoms with van der Waals surface area (Å²) in [6.45, 7) is 0.738. The fraction of sp³-hybridized carbons (Fsp3) is 0.0870. The molecular formula is C46H32N6O2. The summed E-state index contributed by atoms with van der Waals surface area (Å²) in [5, 5.41) is 15.5. The summed E-state index contributed by atoms with van der Waals surface area (Å²) in [5.74, 6) is 1.69. The van der Waals surface area contributed by atoms with Crippen LogP contribution < -0.4 is 10.1 Å². The van der Waals surface area contributed by atoms with Crippen LogP contribution in [0, 0.1) is 0 Å². The molecular weight excluding hydrogens is 669 g/mol. The maximum Gasteiger partial charge on any atom is 0.144 e. The number of hydrogen-bond donors (Lipinski definition) is 4. The van der Waals surface area contributed by atoms with Crippen molar-refractivity contribution in [2.24, 2.45) is 0 Å². The van der Waals surface area contributed by atoms with Crippen molar-refractivity contribution in [3.8, 4) is 39.6 Å². The third-order valence-electron chi connectivity index (χ3n) is 11.4. The summed E-state index contributed by atoms with van der Waals surface area (Å²) in [5.41, 5.74) is 15.1. The molecule has 258 valence electrons. The molecule has 2 aliphatic heterocycles. The summed E-state index contributed by atoms with van der Waals surface area (Å²) in [4.78, 5) is 12.6. The smallest absolute Gasteiger partial charge is 0.144 e. The number of furan rings is 1. The van der Waals surface area contributed by atoms with Gasteiger partial charge in [0.05, 0.1) is 28.9 Å². The summed E-state index contributed by atoms with van der Waals surface area (Å²) in [6.07, 6.45) is 2.29. The Morgan fingerprint density at radius 2 is 1.46 bits per heavy atom. The van der Waals surface area contributed by atoms with Crippen molar-refractivity contribution in [2.75, 3.05) is 0 Å². The molecule has 0 bridgehead atoms. The summed E-state index contributed by atoms with van der Waals surface area (Å²) in [6, 6.07) is 44.2. The Balaban J connectivity index is 1.26. The summed E-state index contributed by atoms with van der Waals surface area (Å²) in [7, 11) is 0. The Labute approximate surface area is 308 Å². The number of nitrogens with one attached hydrogen (secondary N) is 4. The largest absolute Gasteiger partial charge is 0.485 e. The van der Waals surface area contributed by atoms with E-state index in [4.69, 9.17) is 19.2 Å². The minimum atomic E-state index is -0.248. The lowest BCUT2D eigenvalue weighted by molar-refractivity contribution is 0.240. The van der Waals surface area contributed by atoms with E-state index in [1.54, 1.807) is 6.33 Å². The first-order valence-electron chi connectivity index (χ1n) is 18.4. The van der Waals surface area contributed by atoms with Crippen molar-refractivity contribution in [2.45, 2.75) is 25.1 Å². The number of hydrogen-bond acceptors (Lipinski definition) is 5. The molecule has 6 aromatic carbocycles. The van der Waals surface area contributed by atoms with Crippen molar-refractivity contribution in [3.05, 3.63) is 162 Å². The van der Waals surface area contributed by atoms with Gasteiger partial charge < -0.3 is 24.4 Å². The number of aromatic amines is 3. The van der Waals surface area contributed by atoms with Gasteiger partial charge in [-0.3, -0.25) is 5.10 Å². The molecule has 4 N–H and O–H groups in total. The van der Waals surface area contributed by atoms with E-state index in [-0.39, 0.29) is 12.1 Å². The van der Waals surface area contributed by atoms with Gasteiger partial charge in [0.1, 0.15) is 28.9 Å². The van der Waals surface area contributed by atoms with E-state index in [9.17, 15) is 0 Å². The number of para-hydroxylation sites is 4. The lowest BCUT2D eigenvalue weighted by atomic mass is 9.82. The Morgan fingerprint density at radius 3 is 2.37 bits per heavy atom. The molecule has 0 aliphatic carbocycles. The van der Waals surface area contributed by atoms with Gasteiger partial charge in [0.2, 0.25) is 0 Å². The van der Waals surface area contributed by atoms with Crippen molar-refractivity contribution < 1.29 is 9.15 Å². The fourth-order valence-corrected chi connectivity index (χ4v) is 9.05. The average Bonchev–Trinajstić information content (AvgIpc) is 4.07. The third kappa shape index (κ3) is 4.22. The molecule has 8 heteroatoms. The highest BCUT2D eigenvalue weighted by atomic mass is 16.5. The van der Waals surface area contributed by atoms with E-state index in [2.05, 4.69) is 130 Å². The topological polar surface area (TPSA) is 108 Å². The zero-order valence-electron chi connectivity index (χ0n) is 29.0. The van der Waals surface area contributed by atoms with E-state index in [0.29, 0.717) is 0 Å². The van der Waals surface area contributed by atoms with Gasteiger partial charge in [-0.1, -0.05) is 97.1 Å². The first-order chi connectivity index (χ1) is 26.8. The summed E-state index contributed by atoms with van der Waals surface area (Å²) >= 11 is 0. The van der Waals surface area contributed by atoms with Crippen LogP contribution in [0.3, 0.4) is 0 Å². The number of imidazole rings is 1. The predicted molar refractivity (Wildman–Crippen MR) is 212 cm³/mol. The second-order valence-corrected chi connectivity index (χ2v) is 14.3. The zero-order valence-corrected chi connectivity index (χ0v) is 29.0. The number of ether oxygens (including phenoxy) is 1. The Bertz CT molecular complexity index is 3050. The molecule has 8 nitrogen and oxygen atoms in total. The van der Waals surface area contributed by atoms with Crippen LogP contribution in [0.25, 0.3) is 77.6 Å². The molecule has 0 saturated heterocycles. The van der Waals surface area contributed by atoms with E-state index >= 15 is 0 Å². The number of fused-ring (bicyclic) bond motifs is 6. The van der Waals surface area contributed by atoms with Gasteiger partial charge in [-0.05, 0) is 52.6 Å². The highest BCUT2D eigenvalue weighted by molar-refractivity contribution is 6.14. The van der Waals surface area contributed by atoms with Crippen LogP contribution in [0.2, 0.25) is 0 Å². The molecule has 0 radical (unpaired) electrons. The predicted octanol–water partition coefficient (Wildman–Crippen LogP) is 10.5. The van der Waals surface area contributed by atoms with Crippen LogP contribution in [0.4, 0.5) is 0 Å². The Morgan fingerprint density at radius 1 is 0.685 bits per heavy atom. The molecule has 4 aromatic heterocycles. The van der Waals surface area contributed by atoms with E-state index in [1.807, 2.05) is 18.2 Å². The zero-order chi connectivity index (χ0) is 35.3. The number of H-pyrrole nitrogens is 3. The maximum atomic E-state index is 7.13. The van der Waals surface area contributed by atoms with E-state index in [0.717, 1.165) is 107 Å². The Hall–Kier alpha value is -6.90. The number of rotatable bonds is 5. The molecule has 2 aliphatic rings. The summed E-state index contributed by atoms with van der Waals surface area (Å²) < 4.78 is 13.9. The van der Waals surface area contributed by atoms with Gasteiger partial charge in [0.15, 0.2) is 0 Å². The molecule has 2 atom stereocenters. The molecule has 6 heterocycles. The SMILES string of the molecule is c1ccc2c(c1)CC(c1c(-c3c(C4NCc5ccccc54)c(-c4cc5ccccc5[nH]4)c(-c4n[nH]c5ccccc45)c4nc[nH]c34)oc3ccccc13)O2. The van der Waals surface area contributed by atoms with Crippen molar-refractivity contribution >= 4 is 43.8 Å². The maximum absolute atomic E-state index is 7.13. The lowest BCUT2D eigenvalue weighted by Gasteiger charge is -2.25. The normalized spacial score (nSPS) is 16.4. The van der Waals surface area contributed by atoms with Crippen LogP contribution in [0.1, 0.15) is 40.0 Å². The second-order valence-electron chi connectivity index (χ2n) is 14.3. The standard InChI is InChI=1S/C46H32N6O2/c1-4-14-28-27(13-1)23-47-42(28)39-38(33-21-25-11-2-7-17-31(25)50-33)40(43-29-15-5-8-18-32(29)51-52-43)44-45(49-24-48-44)41(39)46-37(30-16-6-10-20-35(30)54-46)36-22-26-12-3-9-19-34(26)53-36/h1-21,24,36,42,47,50H,22-23H2,(H,48,49)(H,51,52). The van der Waals surface area contributed by atoms with Gasteiger partial charge in [-0.15, -0.1) is 0 Å². The number of aromatic nitrogens is 5. The monoisotopic (exact) mass is 700 g/mol. The quantitative estimate of drug-likeness (QED) is 0.143. The van der Waals surface area contributed by atoms with Crippen molar-refractivity contribution in [3.63, 3.8) is 0 Å². The molecule has 10 aromatic rings. The van der Waals surface area contributed by atoms with Crippen LogP contribution in [0.15, 0.2) is 138 Å². The van der Waals surface area contributed by atoms with Gasteiger partial charge in [0, 0.05) is 62.6 Å². The third-order valence-corrected chi connectivity index (χ3v) is 11.4.